The molecule has 2 heteroatoms. The zero-order valence-corrected chi connectivity index (χ0v) is 9.96. The van der Waals surface area contributed by atoms with Crippen LogP contribution in [0.25, 0.3) is 0 Å². The van der Waals surface area contributed by atoms with Gasteiger partial charge in [0.2, 0.25) is 0 Å². The number of benzene rings is 2. The lowest BCUT2D eigenvalue weighted by molar-refractivity contribution is 0.332. The SMILES string of the molecule is CCOc1ccccc1Sc1[c]cccc1. The molecule has 0 bridgehead atoms. The molecule has 1 radical (unpaired) electrons. The molecule has 0 heterocycles. The van der Waals surface area contributed by atoms with E-state index in [0.29, 0.717) is 6.61 Å². The monoisotopic (exact) mass is 229 g/mol. The van der Waals surface area contributed by atoms with E-state index in [1.165, 1.54) is 0 Å². The standard InChI is InChI=1S/C14H13OS/c1-2-15-13-10-6-7-11-14(13)16-12-8-4-3-5-9-12/h3-8,10-11H,2H2,1H3. The van der Waals surface area contributed by atoms with Gasteiger partial charge in [-0.1, -0.05) is 42.1 Å². The second-order valence-corrected chi connectivity index (χ2v) is 4.29. The maximum Gasteiger partial charge on any atom is 0.133 e. The molecule has 0 atom stereocenters. The van der Waals surface area contributed by atoms with Gasteiger partial charge in [0.1, 0.15) is 5.75 Å². The van der Waals surface area contributed by atoms with Gasteiger partial charge in [-0.2, -0.15) is 0 Å². The number of hydrogen-bond acceptors (Lipinski definition) is 2. The summed E-state index contributed by atoms with van der Waals surface area (Å²) in [5.74, 6) is 0.937. The summed E-state index contributed by atoms with van der Waals surface area (Å²) in [6, 6.07) is 19.2. The first kappa shape index (κ1) is 11.1. The summed E-state index contributed by atoms with van der Waals surface area (Å²) in [4.78, 5) is 2.24. The minimum absolute atomic E-state index is 0.691. The molecule has 0 amide bonds. The van der Waals surface area contributed by atoms with Crippen molar-refractivity contribution in [2.45, 2.75) is 16.7 Å². The van der Waals surface area contributed by atoms with E-state index in [2.05, 4.69) is 12.1 Å². The first-order chi connectivity index (χ1) is 7.90. The van der Waals surface area contributed by atoms with E-state index in [-0.39, 0.29) is 0 Å². The Morgan fingerprint density at radius 1 is 1.12 bits per heavy atom. The fourth-order valence-electron chi connectivity index (χ4n) is 1.37. The van der Waals surface area contributed by atoms with Gasteiger partial charge in [0.05, 0.1) is 11.5 Å². The summed E-state index contributed by atoms with van der Waals surface area (Å²) in [6.07, 6.45) is 0. The smallest absolute Gasteiger partial charge is 0.133 e. The maximum absolute atomic E-state index is 5.57. The van der Waals surface area contributed by atoms with Gasteiger partial charge in [0, 0.05) is 4.90 Å². The van der Waals surface area contributed by atoms with E-state index in [1.54, 1.807) is 11.8 Å². The predicted molar refractivity (Wildman–Crippen MR) is 67.0 cm³/mol. The van der Waals surface area contributed by atoms with Gasteiger partial charge in [-0.15, -0.1) is 0 Å². The third-order valence-electron chi connectivity index (χ3n) is 2.05. The van der Waals surface area contributed by atoms with Gasteiger partial charge in [-0.05, 0) is 31.2 Å². The lowest BCUT2D eigenvalue weighted by Gasteiger charge is -2.08. The largest absolute Gasteiger partial charge is 0.493 e. The van der Waals surface area contributed by atoms with Crippen molar-refractivity contribution in [3.8, 4) is 5.75 Å². The summed E-state index contributed by atoms with van der Waals surface area (Å²) in [5, 5.41) is 0. The third-order valence-corrected chi connectivity index (χ3v) is 3.08. The molecule has 0 spiro atoms. The van der Waals surface area contributed by atoms with Crippen molar-refractivity contribution in [1.29, 1.82) is 0 Å². The van der Waals surface area contributed by atoms with Crippen molar-refractivity contribution in [2.24, 2.45) is 0 Å². The van der Waals surface area contributed by atoms with Gasteiger partial charge in [0.25, 0.3) is 0 Å². The normalized spacial score (nSPS) is 10.1. The molecule has 0 saturated heterocycles. The van der Waals surface area contributed by atoms with Gasteiger partial charge in [-0.25, -0.2) is 0 Å². The molecule has 0 aliphatic rings. The maximum atomic E-state index is 5.57. The van der Waals surface area contributed by atoms with Crippen molar-refractivity contribution in [3.63, 3.8) is 0 Å². The van der Waals surface area contributed by atoms with Crippen LogP contribution in [0.5, 0.6) is 5.75 Å². The first-order valence-corrected chi connectivity index (χ1v) is 6.08. The highest BCUT2D eigenvalue weighted by molar-refractivity contribution is 7.99. The zero-order valence-electron chi connectivity index (χ0n) is 9.14. The Hall–Kier alpha value is -1.41. The summed E-state index contributed by atoms with van der Waals surface area (Å²) < 4.78 is 5.57. The van der Waals surface area contributed by atoms with Crippen molar-refractivity contribution >= 4 is 11.8 Å². The van der Waals surface area contributed by atoms with E-state index >= 15 is 0 Å². The van der Waals surface area contributed by atoms with Crippen LogP contribution in [0, 0.1) is 6.07 Å². The number of ether oxygens (including phenoxy) is 1. The van der Waals surface area contributed by atoms with Crippen LogP contribution < -0.4 is 4.74 Å². The molecule has 0 saturated carbocycles. The molecular weight excluding hydrogens is 216 g/mol. The molecule has 0 aliphatic heterocycles. The second-order valence-electron chi connectivity index (χ2n) is 3.21. The molecule has 0 unspecified atom stereocenters. The van der Waals surface area contributed by atoms with Crippen molar-refractivity contribution in [2.75, 3.05) is 6.61 Å². The third kappa shape index (κ3) is 2.80. The fraction of sp³-hybridized carbons (Fsp3) is 0.143. The van der Waals surface area contributed by atoms with Crippen LogP contribution in [-0.2, 0) is 0 Å². The Morgan fingerprint density at radius 3 is 2.69 bits per heavy atom. The van der Waals surface area contributed by atoms with Gasteiger partial charge < -0.3 is 4.74 Å². The Morgan fingerprint density at radius 2 is 1.94 bits per heavy atom. The molecule has 0 aliphatic carbocycles. The zero-order chi connectivity index (χ0) is 11.2. The Balaban J connectivity index is 2.21. The fourth-order valence-corrected chi connectivity index (χ4v) is 2.25. The highest BCUT2D eigenvalue weighted by atomic mass is 32.2. The molecule has 16 heavy (non-hydrogen) atoms. The summed E-state index contributed by atoms with van der Waals surface area (Å²) in [7, 11) is 0. The molecule has 0 N–H and O–H groups in total. The van der Waals surface area contributed by atoms with Crippen molar-refractivity contribution < 1.29 is 4.74 Å². The summed E-state index contributed by atoms with van der Waals surface area (Å²) >= 11 is 1.67. The lowest BCUT2D eigenvalue weighted by atomic mass is 10.3. The van der Waals surface area contributed by atoms with Crippen molar-refractivity contribution in [3.05, 3.63) is 54.6 Å². The highest BCUT2D eigenvalue weighted by Crippen LogP contribution is 2.34. The number of rotatable bonds is 4. The molecule has 1 nitrogen and oxygen atoms in total. The van der Waals surface area contributed by atoms with Gasteiger partial charge in [0.15, 0.2) is 0 Å². The van der Waals surface area contributed by atoms with E-state index in [1.807, 2.05) is 49.4 Å². The number of hydrogen-bond donors (Lipinski definition) is 0. The molecule has 2 aromatic carbocycles. The Kier molecular flexibility index (Phi) is 3.89. The minimum Gasteiger partial charge on any atom is -0.493 e. The molecule has 81 valence electrons. The van der Waals surface area contributed by atoms with Crippen LogP contribution in [0.3, 0.4) is 0 Å². The number of para-hydroxylation sites is 1. The van der Waals surface area contributed by atoms with E-state index in [4.69, 9.17) is 4.74 Å². The van der Waals surface area contributed by atoms with Crippen LogP contribution in [0.2, 0.25) is 0 Å². The average Bonchev–Trinajstić information content (AvgIpc) is 2.33. The Bertz CT molecular complexity index is 439. The lowest BCUT2D eigenvalue weighted by Crippen LogP contribution is -1.92. The van der Waals surface area contributed by atoms with Crippen LogP contribution >= 0.6 is 11.8 Å². The molecule has 2 aromatic rings. The predicted octanol–water partition coefficient (Wildman–Crippen LogP) is 4.04. The average molecular weight is 229 g/mol. The van der Waals surface area contributed by atoms with E-state index in [9.17, 15) is 0 Å². The van der Waals surface area contributed by atoms with Crippen LogP contribution in [-0.4, -0.2) is 6.61 Å². The van der Waals surface area contributed by atoms with Gasteiger partial charge >= 0.3 is 0 Å². The summed E-state index contributed by atoms with van der Waals surface area (Å²) in [5.41, 5.74) is 0. The quantitative estimate of drug-likeness (QED) is 0.782. The summed E-state index contributed by atoms with van der Waals surface area (Å²) in [6.45, 7) is 2.69. The minimum atomic E-state index is 0.691. The van der Waals surface area contributed by atoms with Crippen LogP contribution in [0.1, 0.15) is 6.92 Å². The molecular formula is C14H13OS. The molecule has 2 rings (SSSR count). The van der Waals surface area contributed by atoms with Gasteiger partial charge in [-0.3, -0.25) is 0 Å². The van der Waals surface area contributed by atoms with Crippen molar-refractivity contribution in [1.82, 2.24) is 0 Å². The molecule has 0 fully saturated rings. The Labute approximate surface area is 100 Å². The van der Waals surface area contributed by atoms with E-state index in [0.717, 1.165) is 15.5 Å². The molecule has 0 aromatic heterocycles. The highest BCUT2D eigenvalue weighted by Gasteiger charge is 2.03. The van der Waals surface area contributed by atoms with E-state index < -0.39 is 0 Å². The van der Waals surface area contributed by atoms with Crippen LogP contribution in [0.15, 0.2) is 58.3 Å². The first-order valence-electron chi connectivity index (χ1n) is 5.26. The topological polar surface area (TPSA) is 9.23 Å². The second kappa shape index (κ2) is 5.61. The van der Waals surface area contributed by atoms with Crippen LogP contribution in [0.4, 0.5) is 0 Å².